The Labute approximate surface area is 141 Å². The first-order valence-corrected chi connectivity index (χ1v) is 7.82. The molecule has 0 saturated carbocycles. The van der Waals surface area contributed by atoms with Crippen LogP contribution in [0.25, 0.3) is 0 Å². The van der Waals surface area contributed by atoms with E-state index in [1.807, 2.05) is 26.0 Å². The molecule has 0 atom stereocenters. The maximum atomic E-state index is 12.4. The summed E-state index contributed by atoms with van der Waals surface area (Å²) in [4.78, 5) is 12.4. The fraction of sp³-hybridized carbons (Fsp3) is 0.278. The lowest BCUT2D eigenvalue weighted by atomic mass is 10.1. The van der Waals surface area contributed by atoms with Gasteiger partial charge in [0, 0.05) is 5.56 Å². The van der Waals surface area contributed by atoms with Gasteiger partial charge in [-0.2, -0.15) is 0 Å². The second-order valence-corrected chi connectivity index (χ2v) is 5.51. The van der Waals surface area contributed by atoms with Crippen LogP contribution >= 0.6 is 11.6 Å². The first kappa shape index (κ1) is 17.2. The molecule has 0 heterocycles. The Bertz CT molecular complexity index is 680. The highest BCUT2D eigenvalue weighted by atomic mass is 35.5. The lowest BCUT2D eigenvalue weighted by molar-refractivity contribution is 0.102. The van der Waals surface area contributed by atoms with Gasteiger partial charge in [-0.25, -0.2) is 0 Å². The van der Waals surface area contributed by atoms with Gasteiger partial charge >= 0.3 is 0 Å². The third-order valence-electron chi connectivity index (χ3n) is 3.35. The van der Waals surface area contributed by atoms with E-state index in [0.29, 0.717) is 34.4 Å². The molecule has 0 saturated heterocycles. The number of carbonyl (C=O) groups is 1. The first-order chi connectivity index (χ1) is 11.1. The Hall–Kier alpha value is -2.20. The van der Waals surface area contributed by atoms with Crippen LogP contribution in [0.3, 0.4) is 0 Å². The maximum Gasteiger partial charge on any atom is 0.255 e. The number of methoxy groups -OCH3 is 1. The molecular formula is C18H20ClNO3. The summed E-state index contributed by atoms with van der Waals surface area (Å²) in [5.41, 5.74) is 2.00. The molecule has 0 fully saturated rings. The average Bonchev–Trinajstić information content (AvgIpc) is 2.56. The van der Waals surface area contributed by atoms with Crippen molar-refractivity contribution in [3.05, 3.63) is 52.5 Å². The van der Waals surface area contributed by atoms with E-state index in [0.717, 1.165) is 12.0 Å². The lowest BCUT2D eigenvalue weighted by Crippen LogP contribution is -2.13. The van der Waals surface area contributed by atoms with Crippen molar-refractivity contribution in [1.82, 2.24) is 0 Å². The van der Waals surface area contributed by atoms with Crippen molar-refractivity contribution in [2.75, 3.05) is 19.0 Å². The SMILES string of the molecule is CCCOc1ccc(C(=O)Nc2c(C)cccc2Cl)cc1OC. The normalized spacial score (nSPS) is 10.3. The minimum absolute atomic E-state index is 0.249. The molecule has 122 valence electrons. The van der Waals surface area contributed by atoms with Crippen molar-refractivity contribution >= 4 is 23.2 Å². The number of ether oxygens (including phenoxy) is 2. The smallest absolute Gasteiger partial charge is 0.255 e. The molecule has 0 spiro atoms. The summed E-state index contributed by atoms with van der Waals surface area (Å²) in [6.07, 6.45) is 0.900. The average molecular weight is 334 g/mol. The van der Waals surface area contributed by atoms with Crippen molar-refractivity contribution < 1.29 is 14.3 Å². The third kappa shape index (κ3) is 4.17. The topological polar surface area (TPSA) is 47.6 Å². The molecule has 0 aromatic heterocycles. The van der Waals surface area contributed by atoms with Gasteiger partial charge in [0.2, 0.25) is 0 Å². The highest BCUT2D eigenvalue weighted by Crippen LogP contribution is 2.30. The van der Waals surface area contributed by atoms with Crippen molar-refractivity contribution in [1.29, 1.82) is 0 Å². The quantitative estimate of drug-likeness (QED) is 0.833. The molecular weight excluding hydrogens is 314 g/mol. The van der Waals surface area contributed by atoms with E-state index in [4.69, 9.17) is 21.1 Å². The molecule has 0 aliphatic heterocycles. The maximum absolute atomic E-state index is 12.4. The number of benzene rings is 2. The van der Waals surface area contributed by atoms with Crippen LogP contribution in [0.5, 0.6) is 11.5 Å². The summed E-state index contributed by atoms with van der Waals surface area (Å²) in [6.45, 7) is 4.52. The van der Waals surface area contributed by atoms with Gasteiger partial charge in [-0.1, -0.05) is 30.7 Å². The number of amides is 1. The zero-order valence-corrected chi connectivity index (χ0v) is 14.2. The number of rotatable bonds is 6. The molecule has 2 aromatic rings. The van der Waals surface area contributed by atoms with Gasteiger partial charge in [0.1, 0.15) is 0 Å². The predicted molar refractivity (Wildman–Crippen MR) is 92.9 cm³/mol. The lowest BCUT2D eigenvalue weighted by Gasteiger charge is -2.13. The zero-order valence-electron chi connectivity index (χ0n) is 13.5. The molecule has 1 N–H and O–H groups in total. The summed E-state index contributed by atoms with van der Waals surface area (Å²) in [6, 6.07) is 10.6. The van der Waals surface area contributed by atoms with Crippen LogP contribution in [0.1, 0.15) is 29.3 Å². The molecule has 2 rings (SSSR count). The van der Waals surface area contributed by atoms with Gasteiger partial charge in [-0.05, 0) is 43.2 Å². The Morgan fingerprint density at radius 3 is 2.65 bits per heavy atom. The van der Waals surface area contributed by atoms with Gasteiger partial charge < -0.3 is 14.8 Å². The van der Waals surface area contributed by atoms with Crippen LogP contribution in [0.2, 0.25) is 5.02 Å². The van der Waals surface area contributed by atoms with Crippen molar-refractivity contribution in [3.63, 3.8) is 0 Å². The highest BCUT2D eigenvalue weighted by molar-refractivity contribution is 6.34. The fourth-order valence-electron chi connectivity index (χ4n) is 2.12. The van der Waals surface area contributed by atoms with Gasteiger partial charge in [-0.15, -0.1) is 0 Å². The number of halogens is 1. The highest BCUT2D eigenvalue weighted by Gasteiger charge is 2.13. The monoisotopic (exact) mass is 333 g/mol. The molecule has 2 aromatic carbocycles. The predicted octanol–water partition coefficient (Wildman–Crippen LogP) is 4.70. The first-order valence-electron chi connectivity index (χ1n) is 7.44. The summed E-state index contributed by atoms with van der Waals surface area (Å²) in [7, 11) is 1.55. The summed E-state index contributed by atoms with van der Waals surface area (Å²) in [5.74, 6) is 0.906. The Morgan fingerprint density at radius 2 is 2.00 bits per heavy atom. The van der Waals surface area contributed by atoms with Crippen LogP contribution in [-0.4, -0.2) is 19.6 Å². The van der Waals surface area contributed by atoms with E-state index >= 15 is 0 Å². The molecule has 0 bridgehead atoms. The Balaban J connectivity index is 2.22. The Morgan fingerprint density at radius 1 is 1.22 bits per heavy atom. The van der Waals surface area contributed by atoms with Crippen molar-refractivity contribution in [3.8, 4) is 11.5 Å². The summed E-state index contributed by atoms with van der Waals surface area (Å²) >= 11 is 6.14. The van der Waals surface area contributed by atoms with Crippen LogP contribution in [0.4, 0.5) is 5.69 Å². The van der Waals surface area contributed by atoms with Gasteiger partial charge in [-0.3, -0.25) is 4.79 Å². The molecule has 0 radical (unpaired) electrons. The van der Waals surface area contributed by atoms with Crippen molar-refractivity contribution in [2.24, 2.45) is 0 Å². The number of carbonyl (C=O) groups excluding carboxylic acids is 1. The second-order valence-electron chi connectivity index (χ2n) is 5.10. The molecule has 0 unspecified atom stereocenters. The fourth-order valence-corrected chi connectivity index (χ4v) is 2.39. The minimum atomic E-state index is -0.249. The standard InChI is InChI=1S/C18H20ClNO3/c1-4-10-23-15-9-8-13(11-16(15)22-3)18(21)20-17-12(2)6-5-7-14(17)19/h5-9,11H,4,10H2,1-3H3,(H,20,21). The molecule has 23 heavy (non-hydrogen) atoms. The van der Waals surface area contributed by atoms with E-state index < -0.39 is 0 Å². The molecule has 1 amide bonds. The van der Waals surface area contributed by atoms with E-state index in [1.165, 1.54) is 0 Å². The number of nitrogens with one attached hydrogen (secondary N) is 1. The zero-order chi connectivity index (χ0) is 16.8. The number of aryl methyl sites for hydroxylation is 1. The molecule has 5 heteroatoms. The summed E-state index contributed by atoms with van der Waals surface area (Å²) < 4.78 is 10.9. The van der Waals surface area contributed by atoms with Crippen LogP contribution in [0, 0.1) is 6.92 Å². The Kier molecular flexibility index (Phi) is 5.88. The summed E-state index contributed by atoms with van der Waals surface area (Å²) in [5, 5.41) is 3.35. The van der Waals surface area contributed by atoms with Crippen LogP contribution in [0.15, 0.2) is 36.4 Å². The van der Waals surface area contributed by atoms with Crippen molar-refractivity contribution in [2.45, 2.75) is 20.3 Å². The second kappa shape index (κ2) is 7.88. The number of hydrogen-bond acceptors (Lipinski definition) is 3. The molecule has 4 nitrogen and oxygen atoms in total. The van der Waals surface area contributed by atoms with Gasteiger partial charge in [0.15, 0.2) is 11.5 Å². The van der Waals surface area contributed by atoms with E-state index in [-0.39, 0.29) is 5.91 Å². The number of anilines is 1. The number of para-hydroxylation sites is 1. The third-order valence-corrected chi connectivity index (χ3v) is 3.66. The van der Waals surface area contributed by atoms with E-state index in [2.05, 4.69) is 5.32 Å². The minimum Gasteiger partial charge on any atom is -0.493 e. The van der Waals surface area contributed by atoms with Gasteiger partial charge in [0.05, 0.1) is 24.4 Å². The number of hydrogen-bond donors (Lipinski definition) is 1. The largest absolute Gasteiger partial charge is 0.493 e. The van der Waals surface area contributed by atoms with E-state index in [9.17, 15) is 4.79 Å². The van der Waals surface area contributed by atoms with E-state index in [1.54, 1.807) is 31.4 Å². The van der Waals surface area contributed by atoms with Crippen LogP contribution < -0.4 is 14.8 Å². The van der Waals surface area contributed by atoms with Gasteiger partial charge in [0.25, 0.3) is 5.91 Å². The van der Waals surface area contributed by atoms with Crippen LogP contribution in [-0.2, 0) is 0 Å². The molecule has 0 aliphatic rings. The molecule has 0 aliphatic carbocycles.